The predicted octanol–water partition coefficient (Wildman–Crippen LogP) is 2.80. The van der Waals surface area contributed by atoms with Gasteiger partial charge in [-0.05, 0) is 30.4 Å². The maximum Gasteiger partial charge on any atom is 0.129 e. The molecule has 0 saturated heterocycles. The van der Waals surface area contributed by atoms with Gasteiger partial charge >= 0.3 is 0 Å². The van der Waals surface area contributed by atoms with Crippen LogP contribution in [0.25, 0.3) is 0 Å². The third kappa shape index (κ3) is 1.96. The molecule has 1 aliphatic carbocycles. The maximum absolute atomic E-state index is 6.00. The van der Waals surface area contributed by atoms with Gasteiger partial charge in [-0.2, -0.15) is 0 Å². The van der Waals surface area contributed by atoms with Gasteiger partial charge < -0.3 is 5.73 Å². The zero-order valence-corrected chi connectivity index (χ0v) is 8.52. The molecule has 0 aliphatic heterocycles. The molecule has 1 aromatic heterocycles. The van der Waals surface area contributed by atoms with Crippen molar-refractivity contribution < 1.29 is 0 Å². The standard InChI is InChI=1S/C9H10Cl2N2/c10-7-4-13-8(11)3-6(7)9(12)5-1-2-5/h3-5,9H,1-2,12H2/t9-/m0/s1. The van der Waals surface area contributed by atoms with Crippen LogP contribution in [0.1, 0.15) is 24.4 Å². The van der Waals surface area contributed by atoms with Crippen LogP contribution in [0.3, 0.4) is 0 Å². The van der Waals surface area contributed by atoms with Crippen molar-refractivity contribution in [3.63, 3.8) is 0 Å². The number of aromatic nitrogens is 1. The summed E-state index contributed by atoms with van der Waals surface area (Å²) in [6, 6.07) is 1.78. The summed E-state index contributed by atoms with van der Waals surface area (Å²) in [7, 11) is 0. The van der Waals surface area contributed by atoms with Crippen LogP contribution >= 0.6 is 23.2 Å². The minimum Gasteiger partial charge on any atom is -0.324 e. The summed E-state index contributed by atoms with van der Waals surface area (Å²) in [5.41, 5.74) is 6.92. The number of hydrogen-bond donors (Lipinski definition) is 1. The highest BCUT2D eigenvalue weighted by Gasteiger charge is 2.30. The largest absolute Gasteiger partial charge is 0.324 e. The van der Waals surface area contributed by atoms with Crippen LogP contribution in [0.2, 0.25) is 10.2 Å². The number of hydrogen-bond acceptors (Lipinski definition) is 2. The Morgan fingerprint density at radius 1 is 1.46 bits per heavy atom. The van der Waals surface area contributed by atoms with Crippen molar-refractivity contribution in [1.82, 2.24) is 4.98 Å². The topological polar surface area (TPSA) is 38.9 Å². The molecule has 1 heterocycles. The Morgan fingerprint density at radius 2 is 2.15 bits per heavy atom. The summed E-state index contributed by atoms with van der Waals surface area (Å²) in [4.78, 5) is 3.88. The molecule has 0 amide bonds. The highest BCUT2D eigenvalue weighted by atomic mass is 35.5. The van der Waals surface area contributed by atoms with E-state index in [1.807, 2.05) is 0 Å². The third-order valence-corrected chi connectivity index (χ3v) is 2.86. The second kappa shape index (κ2) is 3.45. The lowest BCUT2D eigenvalue weighted by atomic mass is 10.1. The van der Waals surface area contributed by atoms with Gasteiger partial charge in [0.25, 0.3) is 0 Å². The van der Waals surface area contributed by atoms with Crippen LogP contribution in [-0.2, 0) is 0 Å². The van der Waals surface area contributed by atoms with Crippen molar-refractivity contribution in [1.29, 1.82) is 0 Å². The average molecular weight is 217 g/mol. The minimum absolute atomic E-state index is 0.0213. The van der Waals surface area contributed by atoms with Crippen LogP contribution in [-0.4, -0.2) is 4.98 Å². The maximum atomic E-state index is 6.00. The highest BCUT2D eigenvalue weighted by molar-refractivity contribution is 6.32. The summed E-state index contributed by atoms with van der Waals surface area (Å²) in [5.74, 6) is 0.580. The summed E-state index contributed by atoms with van der Waals surface area (Å²) in [6.07, 6.45) is 3.94. The molecule has 1 atom stereocenters. The Hall–Kier alpha value is -0.310. The van der Waals surface area contributed by atoms with Gasteiger partial charge in [0.2, 0.25) is 0 Å². The molecule has 1 saturated carbocycles. The van der Waals surface area contributed by atoms with Gasteiger partial charge in [-0.25, -0.2) is 4.98 Å². The molecule has 4 heteroatoms. The van der Waals surface area contributed by atoms with E-state index in [2.05, 4.69) is 4.98 Å². The molecule has 0 bridgehead atoms. The van der Waals surface area contributed by atoms with E-state index >= 15 is 0 Å². The van der Waals surface area contributed by atoms with E-state index in [9.17, 15) is 0 Å². The minimum atomic E-state index is 0.0213. The Bertz CT molecular complexity index is 323. The molecule has 0 spiro atoms. The fourth-order valence-electron chi connectivity index (χ4n) is 1.39. The number of halogens is 2. The number of pyridine rings is 1. The van der Waals surface area contributed by atoms with Gasteiger partial charge in [0.15, 0.2) is 0 Å². The number of nitrogens with two attached hydrogens (primary N) is 1. The molecule has 0 radical (unpaired) electrons. The second-order valence-electron chi connectivity index (χ2n) is 3.39. The molecular formula is C9H10Cl2N2. The summed E-state index contributed by atoms with van der Waals surface area (Å²) < 4.78 is 0. The first-order valence-corrected chi connectivity index (χ1v) is 5.00. The Morgan fingerprint density at radius 3 is 2.77 bits per heavy atom. The van der Waals surface area contributed by atoms with Crippen molar-refractivity contribution in [2.24, 2.45) is 11.7 Å². The Kier molecular flexibility index (Phi) is 2.45. The zero-order valence-electron chi connectivity index (χ0n) is 7.00. The average Bonchev–Trinajstić information content (AvgIpc) is 2.91. The summed E-state index contributed by atoms with van der Waals surface area (Å²) >= 11 is 11.7. The van der Waals surface area contributed by atoms with Gasteiger partial charge in [-0.1, -0.05) is 23.2 Å². The molecule has 70 valence electrons. The Labute approximate surface area is 87.1 Å². The van der Waals surface area contributed by atoms with Gasteiger partial charge in [0.05, 0.1) is 5.02 Å². The lowest BCUT2D eigenvalue weighted by molar-refractivity contribution is 0.633. The highest BCUT2D eigenvalue weighted by Crippen LogP contribution is 2.41. The molecule has 1 aliphatic rings. The summed E-state index contributed by atoms with van der Waals surface area (Å²) in [5, 5.41) is 1.07. The van der Waals surface area contributed by atoms with Crippen molar-refractivity contribution in [2.45, 2.75) is 18.9 Å². The van der Waals surface area contributed by atoms with E-state index in [4.69, 9.17) is 28.9 Å². The monoisotopic (exact) mass is 216 g/mol. The number of nitrogens with zero attached hydrogens (tertiary/aromatic N) is 1. The normalized spacial score (nSPS) is 18.7. The van der Waals surface area contributed by atoms with E-state index < -0.39 is 0 Å². The molecule has 0 unspecified atom stereocenters. The van der Waals surface area contributed by atoms with Crippen LogP contribution in [0.4, 0.5) is 0 Å². The van der Waals surface area contributed by atoms with Gasteiger partial charge in [0, 0.05) is 12.2 Å². The smallest absolute Gasteiger partial charge is 0.129 e. The van der Waals surface area contributed by atoms with E-state index in [0.29, 0.717) is 16.1 Å². The third-order valence-electron chi connectivity index (χ3n) is 2.34. The van der Waals surface area contributed by atoms with E-state index in [1.54, 1.807) is 12.3 Å². The van der Waals surface area contributed by atoms with Crippen LogP contribution in [0.5, 0.6) is 0 Å². The molecule has 2 N–H and O–H groups in total. The van der Waals surface area contributed by atoms with Crippen LogP contribution in [0.15, 0.2) is 12.3 Å². The lowest BCUT2D eigenvalue weighted by Crippen LogP contribution is -2.13. The molecule has 1 fully saturated rings. The molecule has 13 heavy (non-hydrogen) atoms. The lowest BCUT2D eigenvalue weighted by Gasteiger charge is -2.12. The summed E-state index contributed by atoms with van der Waals surface area (Å²) in [6.45, 7) is 0. The van der Waals surface area contributed by atoms with Crippen molar-refractivity contribution >= 4 is 23.2 Å². The van der Waals surface area contributed by atoms with Crippen molar-refractivity contribution in [3.05, 3.63) is 28.0 Å². The molecule has 0 aromatic carbocycles. The molecule has 1 aromatic rings. The number of rotatable bonds is 2. The first kappa shape index (κ1) is 9.25. The van der Waals surface area contributed by atoms with Gasteiger partial charge in [-0.3, -0.25) is 0 Å². The van der Waals surface area contributed by atoms with Crippen molar-refractivity contribution in [3.8, 4) is 0 Å². The Balaban J connectivity index is 2.31. The molecule has 2 nitrogen and oxygen atoms in total. The van der Waals surface area contributed by atoms with E-state index in [0.717, 1.165) is 5.56 Å². The van der Waals surface area contributed by atoms with E-state index in [-0.39, 0.29) is 6.04 Å². The van der Waals surface area contributed by atoms with Crippen molar-refractivity contribution in [2.75, 3.05) is 0 Å². The second-order valence-corrected chi connectivity index (χ2v) is 4.19. The predicted molar refractivity (Wildman–Crippen MR) is 53.9 cm³/mol. The van der Waals surface area contributed by atoms with Gasteiger partial charge in [-0.15, -0.1) is 0 Å². The van der Waals surface area contributed by atoms with Crippen LogP contribution in [0, 0.1) is 5.92 Å². The quantitative estimate of drug-likeness (QED) is 0.773. The fourth-order valence-corrected chi connectivity index (χ4v) is 1.79. The first-order valence-electron chi connectivity index (χ1n) is 4.25. The fraction of sp³-hybridized carbons (Fsp3) is 0.444. The van der Waals surface area contributed by atoms with E-state index in [1.165, 1.54) is 12.8 Å². The molecule has 2 rings (SSSR count). The molecular weight excluding hydrogens is 207 g/mol. The first-order chi connectivity index (χ1) is 6.18. The van der Waals surface area contributed by atoms with Gasteiger partial charge in [0.1, 0.15) is 5.15 Å². The van der Waals surface area contributed by atoms with Crippen LogP contribution < -0.4 is 5.73 Å². The SMILES string of the molecule is N[C@H](c1cc(Cl)ncc1Cl)C1CC1. The zero-order chi connectivity index (χ0) is 9.42.